The molecular formula is C26H38B2O2S2Y2-2. The molecule has 0 aromatic carbocycles. The monoisotopic (exact) mass is 648 g/mol. The fourth-order valence-electron chi connectivity index (χ4n) is 5.40. The van der Waals surface area contributed by atoms with Gasteiger partial charge in [-0.1, -0.05) is 76.6 Å². The van der Waals surface area contributed by atoms with Gasteiger partial charge in [0.05, 0.1) is 0 Å². The Kier molecular flexibility index (Phi) is 16.7. The van der Waals surface area contributed by atoms with Crippen LogP contribution in [0.1, 0.15) is 49.3 Å². The summed E-state index contributed by atoms with van der Waals surface area (Å²) < 4.78 is 13.8. The van der Waals surface area contributed by atoms with E-state index in [1.807, 2.05) is 12.1 Å². The van der Waals surface area contributed by atoms with Gasteiger partial charge in [-0.05, 0) is 23.7 Å². The van der Waals surface area contributed by atoms with Gasteiger partial charge >= 0.3 is 0 Å². The van der Waals surface area contributed by atoms with Crippen LogP contribution in [0.5, 0.6) is 0 Å². The van der Waals surface area contributed by atoms with Crippen LogP contribution in [0.4, 0.5) is 0 Å². The van der Waals surface area contributed by atoms with E-state index in [9.17, 15) is 0 Å². The summed E-state index contributed by atoms with van der Waals surface area (Å²) in [5, 5.41) is 15.5. The van der Waals surface area contributed by atoms with Crippen molar-refractivity contribution in [2.45, 2.75) is 76.6 Å². The van der Waals surface area contributed by atoms with Crippen molar-refractivity contribution in [2.24, 2.45) is 23.7 Å². The third kappa shape index (κ3) is 10.8. The van der Waals surface area contributed by atoms with Gasteiger partial charge in [-0.3, -0.25) is 0 Å². The van der Waals surface area contributed by atoms with E-state index in [1.165, 1.54) is 60.9 Å². The minimum Gasteiger partial charge on any atom is -0.396 e. The maximum absolute atomic E-state index is 6.92. The molecule has 2 aliphatic heterocycles. The van der Waals surface area contributed by atoms with Crippen molar-refractivity contribution in [3.8, 4) is 0 Å². The molecule has 2 N–H and O–H groups in total. The molecule has 1 unspecified atom stereocenters. The van der Waals surface area contributed by atoms with Gasteiger partial charge < -0.3 is 32.9 Å². The summed E-state index contributed by atoms with van der Waals surface area (Å²) >= 11 is 3.45. The van der Waals surface area contributed by atoms with Gasteiger partial charge in [0.2, 0.25) is 2.86 Å². The Balaban J connectivity index is 0.000000341. The van der Waals surface area contributed by atoms with Gasteiger partial charge in [0.1, 0.15) is 14.6 Å². The Labute approximate surface area is 271 Å². The number of hydrogen-bond acceptors (Lipinski definition) is 4. The minimum atomic E-state index is 0. The maximum atomic E-state index is 6.92. The fourth-order valence-corrected chi connectivity index (χ4v) is 6.74. The summed E-state index contributed by atoms with van der Waals surface area (Å²) in [4.78, 5) is 2.87. The van der Waals surface area contributed by atoms with Gasteiger partial charge in [0.15, 0.2) is 0 Å². The van der Waals surface area contributed by atoms with Crippen molar-refractivity contribution in [3.05, 3.63) is 44.8 Å². The largest absolute Gasteiger partial charge is 0.396 e. The van der Waals surface area contributed by atoms with E-state index in [1.54, 1.807) is 22.7 Å². The normalized spacial score (nSPS) is 28.3. The number of rotatable bonds is 12. The van der Waals surface area contributed by atoms with Crippen molar-refractivity contribution in [1.29, 1.82) is 2.86 Å². The molecule has 2 saturated heterocycles. The third-order valence-corrected chi connectivity index (χ3v) is 9.26. The molecule has 0 aliphatic carbocycles. The van der Waals surface area contributed by atoms with E-state index >= 15 is 0 Å². The van der Waals surface area contributed by atoms with E-state index in [4.69, 9.17) is 2.86 Å². The molecule has 4 radical (unpaired) electrons. The van der Waals surface area contributed by atoms with Gasteiger partial charge in [0.25, 0.3) is 0 Å². The molecule has 34 heavy (non-hydrogen) atoms. The summed E-state index contributed by atoms with van der Waals surface area (Å²) in [5.41, 5.74) is 0. The summed E-state index contributed by atoms with van der Waals surface area (Å²) in [7, 11) is 4.88. The molecule has 0 saturated carbocycles. The number of hydrogen-bond donors (Lipinski definition) is 2. The average Bonchev–Trinajstić information content (AvgIpc) is 3.64. The molecule has 180 valence electrons. The Hall–Kier alpha value is 1.66. The Morgan fingerprint density at radius 2 is 1.29 bits per heavy atom. The van der Waals surface area contributed by atoms with Crippen LogP contribution in [0, 0.1) is 34.4 Å². The van der Waals surface area contributed by atoms with Crippen molar-refractivity contribution in [1.82, 2.24) is 0 Å². The number of aryl methyl sites for hydroxylation is 2. The zero-order chi connectivity index (χ0) is 24.2. The van der Waals surface area contributed by atoms with Gasteiger partial charge in [-0.2, -0.15) is 12.1 Å². The first-order valence-electron chi connectivity index (χ1n) is 13.2. The van der Waals surface area contributed by atoms with Crippen molar-refractivity contribution in [2.75, 3.05) is 13.2 Å². The second-order valence-electron chi connectivity index (χ2n) is 9.71. The maximum Gasteiger partial charge on any atom is 0.210 e. The first kappa shape index (κ1) is 30.2. The zero-order valence-electron chi connectivity index (χ0n) is 22.8. The molecule has 2 nitrogen and oxygen atoms in total. The molecule has 6 atom stereocenters. The zero-order valence-corrected chi connectivity index (χ0v) is 28.1. The van der Waals surface area contributed by atoms with Crippen LogP contribution in [-0.4, -0.2) is 40.9 Å². The van der Waals surface area contributed by atoms with Crippen LogP contribution in [0.3, 0.4) is 0 Å². The summed E-state index contributed by atoms with van der Waals surface area (Å²) in [5.74, 6) is 3.78. The summed E-state index contributed by atoms with van der Waals surface area (Å²) in [6.07, 6.45) is 9.64. The first-order chi connectivity index (χ1) is 16.6. The molecule has 4 heterocycles. The Morgan fingerprint density at radius 3 is 1.65 bits per heavy atom. The van der Waals surface area contributed by atoms with Crippen LogP contribution in [0.15, 0.2) is 24.3 Å². The molecule has 0 amide bonds. The smallest absolute Gasteiger partial charge is 0.210 e. The summed E-state index contributed by atoms with van der Waals surface area (Å²) in [6, 6.07) is 8.33. The predicted octanol–water partition coefficient (Wildman–Crippen LogP) is 6.08. The average molecular weight is 648 g/mol. The molecule has 2 aromatic rings. The predicted molar refractivity (Wildman–Crippen MR) is 140 cm³/mol. The Morgan fingerprint density at radius 1 is 0.853 bits per heavy atom. The first-order valence-corrected chi connectivity index (χ1v) is 14.0. The summed E-state index contributed by atoms with van der Waals surface area (Å²) in [6.45, 7) is 5.73. The van der Waals surface area contributed by atoms with Gasteiger partial charge in [-0.15, -0.1) is 20.5 Å². The Bertz CT molecular complexity index is 710. The van der Waals surface area contributed by atoms with Crippen LogP contribution >= 0.6 is 22.7 Å². The second-order valence-corrected chi connectivity index (χ2v) is 11.6. The fraction of sp³-hybridized carbons (Fsp3) is 0.692. The molecule has 2 fully saturated rings. The van der Waals surface area contributed by atoms with E-state index in [0.717, 1.165) is 0 Å². The van der Waals surface area contributed by atoms with E-state index in [-0.39, 0.29) is 65.4 Å². The third-order valence-electron chi connectivity index (χ3n) is 7.54. The number of thiophene rings is 2. The van der Waals surface area contributed by atoms with Crippen LogP contribution in [0.2, 0.25) is 24.3 Å². The van der Waals surface area contributed by atoms with Crippen molar-refractivity contribution < 1.29 is 75.6 Å². The van der Waals surface area contributed by atoms with Crippen molar-refractivity contribution >= 4 is 37.2 Å². The van der Waals surface area contributed by atoms with Crippen LogP contribution in [0.25, 0.3) is 0 Å². The molecule has 0 bridgehead atoms. The number of aliphatic hydroxyl groups excluding tert-OH is 2. The number of aliphatic hydroxyl groups is 2. The van der Waals surface area contributed by atoms with E-state index < -0.39 is 0 Å². The van der Waals surface area contributed by atoms with Gasteiger partial charge in [-0.25, -0.2) is 12.1 Å². The SMILES string of the molecule is [2H]OC[C@H]1C(C)C[B][C@@H]1CCCc1cc[c-]s1.[2H]OC[C@H]1[C@H](C)C[B][C@@H]1CCCc1cc[c-]s1.[Y].[Y]. The van der Waals surface area contributed by atoms with Gasteiger partial charge in [0, 0.05) is 78.6 Å². The molecule has 4 rings (SSSR count). The molecule has 2 aromatic heterocycles. The quantitative estimate of drug-likeness (QED) is 0.217. The molecule has 0 spiro atoms. The van der Waals surface area contributed by atoms with Crippen LogP contribution < -0.4 is 0 Å². The van der Waals surface area contributed by atoms with Crippen molar-refractivity contribution in [3.63, 3.8) is 0 Å². The molecule has 2 aliphatic rings. The second kappa shape index (κ2) is 18.8. The molecular weight excluding hydrogens is 608 g/mol. The topological polar surface area (TPSA) is 40.5 Å². The van der Waals surface area contributed by atoms with E-state index in [2.05, 4.69) is 61.5 Å². The minimum absolute atomic E-state index is 0. The van der Waals surface area contributed by atoms with E-state index in [0.29, 0.717) is 48.5 Å². The van der Waals surface area contributed by atoms with Crippen LogP contribution in [-0.2, 0) is 78.3 Å². The standard InChI is InChI=1S/2C13H19BOS.2Y/c2*1-10-8-14-13(12(10)9-15)6-2-4-11-5-3-7-16-11;;/h2*3,5,10,12-13,15H,2,4,6,8-9H2,1H3;;/q2*-1;;/t10?,12-,13+;10-,12+,13-;;/m01../s1/i2*15D;;. The molecule has 8 heteroatoms.